The second kappa shape index (κ2) is 10.5. The minimum absolute atomic E-state index is 0.0432. The van der Waals surface area contributed by atoms with Crippen molar-refractivity contribution in [3.05, 3.63) is 94.3 Å². The molecule has 6 aromatic rings. The molecule has 0 bridgehead atoms. The van der Waals surface area contributed by atoms with E-state index in [1.807, 2.05) is 0 Å². The van der Waals surface area contributed by atoms with Crippen LogP contribution in [0.5, 0.6) is 0 Å². The fourth-order valence-corrected chi connectivity index (χ4v) is 7.32. The van der Waals surface area contributed by atoms with E-state index in [0.717, 1.165) is 16.1 Å². The molecule has 0 aliphatic carbocycles. The van der Waals surface area contributed by atoms with Gasteiger partial charge < -0.3 is 13.7 Å². The van der Waals surface area contributed by atoms with Gasteiger partial charge in [-0.15, -0.1) is 0 Å². The minimum atomic E-state index is -3.93. The maximum absolute atomic E-state index is 14.7. The van der Waals surface area contributed by atoms with Crippen molar-refractivity contribution < 1.29 is 22.0 Å². The van der Waals surface area contributed by atoms with Crippen LogP contribution in [0.2, 0.25) is 30.7 Å². The second-order valence-electron chi connectivity index (χ2n) is 11.2. The summed E-state index contributed by atoms with van der Waals surface area (Å²) in [6, 6.07) is 16.6. The van der Waals surface area contributed by atoms with E-state index in [9.17, 15) is 17.6 Å². The van der Waals surface area contributed by atoms with Crippen LogP contribution in [0.15, 0.2) is 87.2 Å². The number of ether oxygens (including phenoxy) is 1. The van der Waals surface area contributed by atoms with Gasteiger partial charge in [0.15, 0.2) is 5.65 Å². The maximum atomic E-state index is 14.7. The number of rotatable bonds is 8. The lowest BCUT2D eigenvalue weighted by Crippen LogP contribution is -2.22. The van der Waals surface area contributed by atoms with Gasteiger partial charge in [0, 0.05) is 38.0 Å². The fraction of sp³-hybridized carbons (Fsp3) is 0.200. The van der Waals surface area contributed by atoms with Crippen LogP contribution in [0.4, 0.5) is 4.39 Å². The molecule has 4 aromatic heterocycles. The Bertz CT molecular complexity index is 2150. The van der Waals surface area contributed by atoms with Crippen LogP contribution in [0.1, 0.15) is 0 Å². The van der Waals surface area contributed by atoms with Gasteiger partial charge in [0.05, 0.1) is 31.9 Å². The van der Waals surface area contributed by atoms with Gasteiger partial charge in [0.25, 0.3) is 10.0 Å². The van der Waals surface area contributed by atoms with Crippen LogP contribution < -0.4 is 5.63 Å². The number of fused-ring (bicyclic) bond motifs is 4. The molecule has 4 heterocycles. The molecule has 0 atom stereocenters. The van der Waals surface area contributed by atoms with Gasteiger partial charge in [-0.2, -0.15) is 0 Å². The van der Waals surface area contributed by atoms with Crippen LogP contribution in [0.25, 0.3) is 44.2 Å². The first-order chi connectivity index (χ1) is 20.0. The summed E-state index contributed by atoms with van der Waals surface area (Å²) in [5.41, 5.74) is 1.26. The Morgan fingerprint density at radius 1 is 1.05 bits per heavy atom. The number of aromatic nitrogens is 3. The summed E-state index contributed by atoms with van der Waals surface area (Å²) >= 11 is 6.45. The average molecular weight is 624 g/mol. The van der Waals surface area contributed by atoms with Gasteiger partial charge in [0.2, 0.25) is 0 Å². The molecule has 0 spiro atoms. The molecule has 0 N–H and O–H groups in total. The van der Waals surface area contributed by atoms with Crippen LogP contribution in [0, 0.1) is 5.82 Å². The minimum Gasteiger partial charge on any atom is -0.422 e. The van der Waals surface area contributed by atoms with Gasteiger partial charge in [-0.3, -0.25) is 0 Å². The lowest BCUT2D eigenvalue weighted by atomic mass is 10.1. The first kappa shape index (κ1) is 28.4. The normalized spacial score (nSPS) is 12.6. The van der Waals surface area contributed by atoms with Gasteiger partial charge in [-0.25, -0.2) is 26.6 Å². The zero-order chi connectivity index (χ0) is 29.8. The van der Waals surface area contributed by atoms with E-state index in [0.29, 0.717) is 28.8 Å². The highest BCUT2D eigenvalue weighted by atomic mass is 35.5. The highest BCUT2D eigenvalue weighted by Crippen LogP contribution is 2.38. The number of nitrogens with zero attached hydrogens (tertiary/aromatic N) is 3. The van der Waals surface area contributed by atoms with Crippen molar-refractivity contribution in [3.8, 4) is 11.3 Å². The quantitative estimate of drug-likeness (QED) is 0.102. The molecule has 216 valence electrons. The number of benzene rings is 2. The third-order valence-corrected chi connectivity index (χ3v) is 10.9. The van der Waals surface area contributed by atoms with E-state index < -0.39 is 29.5 Å². The Hall–Kier alpha value is -3.77. The predicted octanol–water partition coefficient (Wildman–Crippen LogP) is 7.11. The van der Waals surface area contributed by atoms with E-state index >= 15 is 0 Å². The molecule has 42 heavy (non-hydrogen) atoms. The van der Waals surface area contributed by atoms with Crippen LogP contribution in [0.3, 0.4) is 0 Å². The summed E-state index contributed by atoms with van der Waals surface area (Å²) in [5.74, 6) is -0.650. The lowest BCUT2D eigenvalue weighted by molar-refractivity contribution is 0.0914. The van der Waals surface area contributed by atoms with Gasteiger partial charge in [-0.1, -0.05) is 49.4 Å². The van der Waals surface area contributed by atoms with Gasteiger partial charge >= 0.3 is 5.63 Å². The summed E-state index contributed by atoms with van der Waals surface area (Å²) in [6.45, 7) is 7.28. The maximum Gasteiger partial charge on any atom is 0.345 e. The molecule has 0 saturated carbocycles. The molecule has 0 aliphatic heterocycles. The van der Waals surface area contributed by atoms with E-state index in [4.69, 9.17) is 20.8 Å². The van der Waals surface area contributed by atoms with Crippen LogP contribution in [-0.4, -0.2) is 36.6 Å². The summed E-state index contributed by atoms with van der Waals surface area (Å²) in [7, 11) is -5.33. The zero-order valence-corrected chi connectivity index (χ0v) is 25.7. The third kappa shape index (κ3) is 4.85. The van der Waals surface area contributed by atoms with Crippen molar-refractivity contribution >= 4 is 62.6 Å². The molecule has 0 fully saturated rings. The summed E-state index contributed by atoms with van der Waals surface area (Å²) in [5, 5.41) is 0.810. The van der Waals surface area contributed by atoms with Crippen molar-refractivity contribution in [2.24, 2.45) is 0 Å². The molecule has 12 heteroatoms. The summed E-state index contributed by atoms with van der Waals surface area (Å²) < 4.78 is 56.2. The topological polar surface area (TPSA) is 96.3 Å². The molecule has 0 saturated heterocycles. The Morgan fingerprint density at radius 2 is 1.81 bits per heavy atom. The van der Waals surface area contributed by atoms with E-state index in [2.05, 4.69) is 24.6 Å². The van der Waals surface area contributed by atoms with Crippen molar-refractivity contribution in [1.29, 1.82) is 0 Å². The van der Waals surface area contributed by atoms with Crippen molar-refractivity contribution in [3.63, 3.8) is 0 Å². The van der Waals surface area contributed by atoms with Crippen LogP contribution in [-0.2, 0) is 21.5 Å². The standard InChI is InChI=1S/C30H27ClFN3O5SSi/c1-42(2,3)16-15-39-18-34-24(17-22-28(34)26-25(40-30(22)36)10-9-23(32)27(26)31)20-11-13-33-29-21(20)12-14-35(29)41(37,38)19-7-5-4-6-8-19/h4-14,17H,15-16,18H2,1-3H3. The smallest absolute Gasteiger partial charge is 0.345 e. The number of hydrogen-bond donors (Lipinski definition) is 0. The number of halogens is 2. The highest BCUT2D eigenvalue weighted by Gasteiger charge is 2.25. The highest BCUT2D eigenvalue weighted by molar-refractivity contribution is 7.90. The molecule has 0 unspecified atom stereocenters. The van der Waals surface area contributed by atoms with Crippen LogP contribution >= 0.6 is 11.6 Å². The first-order valence-electron chi connectivity index (χ1n) is 13.3. The lowest BCUT2D eigenvalue weighted by Gasteiger charge is -2.17. The van der Waals surface area contributed by atoms with Gasteiger partial charge in [0.1, 0.15) is 18.1 Å². The van der Waals surface area contributed by atoms with E-state index in [1.165, 1.54) is 30.6 Å². The average Bonchev–Trinajstić information content (AvgIpc) is 3.56. The molecule has 0 radical (unpaired) electrons. The van der Waals surface area contributed by atoms with Crippen molar-refractivity contribution in [2.45, 2.75) is 37.3 Å². The number of pyridine rings is 1. The molecular weight excluding hydrogens is 597 g/mol. The molecule has 8 nitrogen and oxygen atoms in total. The zero-order valence-electron chi connectivity index (χ0n) is 23.1. The Morgan fingerprint density at radius 3 is 2.55 bits per heavy atom. The summed E-state index contributed by atoms with van der Waals surface area (Å²) in [4.78, 5) is 17.7. The predicted molar refractivity (Wildman–Crippen MR) is 165 cm³/mol. The largest absolute Gasteiger partial charge is 0.422 e. The third-order valence-electron chi connectivity index (χ3n) is 7.16. The fourth-order valence-electron chi connectivity index (χ4n) is 5.00. The van der Waals surface area contributed by atoms with Gasteiger partial charge in [-0.05, 0) is 48.5 Å². The van der Waals surface area contributed by atoms with E-state index in [1.54, 1.807) is 41.0 Å². The van der Waals surface area contributed by atoms with E-state index in [-0.39, 0.29) is 38.7 Å². The Balaban J connectivity index is 1.59. The molecule has 0 aliphatic rings. The Kier molecular flexibility index (Phi) is 7.08. The SMILES string of the molecule is C[Si](C)(C)CCOCn1c(-c2ccnc3c2ccn3S(=O)(=O)c2ccccc2)cc2c(=O)oc3ccc(F)c(Cl)c3c21. The molecule has 2 aromatic carbocycles. The number of hydrogen-bond acceptors (Lipinski definition) is 6. The Labute approximate surface area is 247 Å². The molecule has 6 rings (SSSR count). The van der Waals surface area contributed by atoms with Crippen molar-refractivity contribution in [2.75, 3.05) is 6.61 Å². The molecular formula is C30H27ClFN3O5SSi. The monoisotopic (exact) mass is 623 g/mol. The second-order valence-corrected chi connectivity index (χ2v) is 19.0. The first-order valence-corrected chi connectivity index (χ1v) is 18.8. The summed E-state index contributed by atoms with van der Waals surface area (Å²) in [6.07, 6.45) is 2.97. The van der Waals surface area contributed by atoms with Crippen molar-refractivity contribution in [1.82, 2.24) is 13.5 Å². The molecule has 0 amide bonds.